The molecule has 1 amide bonds. The highest BCUT2D eigenvalue weighted by atomic mass is 16.6. The molecule has 4 atom stereocenters. The largest absolute Gasteiger partial charge is 0.444 e. The van der Waals surface area contributed by atoms with Gasteiger partial charge in [-0.3, -0.25) is 4.79 Å². The van der Waals surface area contributed by atoms with E-state index < -0.39 is 5.60 Å². The van der Waals surface area contributed by atoms with Gasteiger partial charge in [0.05, 0.1) is 36.3 Å². The van der Waals surface area contributed by atoms with Crippen LogP contribution in [0.2, 0.25) is 0 Å². The molecule has 4 heterocycles. The SMILES string of the molecule is Cc1cnc2c(n1)c(=O)c(N1CCN(C(=O)OC(C)(C)C)[C@H]3CC[C@@H]31)c1n2C(CO)CC1C. The van der Waals surface area contributed by atoms with Crippen LogP contribution in [-0.2, 0) is 4.74 Å². The summed E-state index contributed by atoms with van der Waals surface area (Å²) in [6.07, 6.45) is 3.95. The van der Waals surface area contributed by atoms with Crippen LogP contribution >= 0.6 is 0 Å². The molecule has 0 aromatic carbocycles. The number of nitrogens with zero attached hydrogens (tertiary/aromatic N) is 5. The van der Waals surface area contributed by atoms with Crippen molar-refractivity contribution in [1.82, 2.24) is 19.4 Å². The fourth-order valence-corrected chi connectivity index (χ4v) is 5.72. The molecule has 3 aliphatic rings. The Hall–Kier alpha value is -2.68. The zero-order valence-electron chi connectivity index (χ0n) is 20.0. The maximum atomic E-state index is 13.8. The Balaban J connectivity index is 1.59. The third-order valence-electron chi connectivity index (χ3n) is 7.20. The Morgan fingerprint density at radius 3 is 2.61 bits per heavy atom. The van der Waals surface area contributed by atoms with Crippen molar-refractivity contribution in [3.05, 3.63) is 27.8 Å². The van der Waals surface area contributed by atoms with E-state index in [1.165, 1.54) is 0 Å². The van der Waals surface area contributed by atoms with Crippen LogP contribution in [0.25, 0.3) is 11.2 Å². The van der Waals surface area contributed by atoms with Gasteiger partial charge in [-0.1, -0.05) is 6.92 Å². The minimum absolute atomic E-state index is 0.0111. The lowest BCUT2D eigenvalue weighted by atomic mass is 9.81. The summed E-state index contributed by atoms with van der Waals surface area (Å²) < 4.78 is 7.68. The number of pyridine rings is 1. The van der Waals surface area contributed by atoms with Gasteiger partial charge in [0.15, 0.2) is 11.2 Å². The second kappa shape index (κ2) is 7.68. The summed E-state index contributed by atoms with van der Waals surface area (Å²) in [6, 6.07) is -0.0355. The van der Waals surface area contributed by atoms with Gasteiger partial charge in [-0.2, -0.15) is 0 Å². The molecule has 9 heteroatoms. The summed E-state index contributed by atoms with van der Waals surface area (Å²) in [5.41, 5.74) is 2.54. The standard InChI is InChI=1S/C24H33N5O4/c1-13-10-15(12-30)29-19(13)20(21(31)18-22(29)25-11-14(2)26-18)27-8-9-28(17-7-6-16(17)27)23(32)33-24(3,4)5/h11,13,15-17,30H,6-10,12H2,1-5H3/t13?,15?,16-,17-/m0/s1. The second-order valence-electron chi connectivity index (χ2n) is 10.7. The number of rotatable bonds is 2. The smallest absolute Gasteiger partial charge is 0.410 e. The van der Waals surface area contributed by atoms with Crippen LogP contribution in [0, 0.1) is 6.92 Å². The van der Waals surface area contributed by atoms with Gasteiger partial charge in [0.2, 0.25) is 5.43 Å². The first-order valence-electron chi connectivity index (χ1n) is 11.9. The molecule has 2 fully saturated rings. The molecule has 178 valence electrons. The zero-order valence-corrected chi connectivity index (χ0v) is 20.0. The minimum Gasteiger partial charge on any atom is -0.444 e. The molecule has 1 aliphatic carbocycles. The van der Waals surface area contributed by atoms with Gasteiger partial charge in [0, 0.05) is 25.0 Å². The van der Waals surface area contributed by atoms with Crippen LogP contribution in [0.15, 0.2) is 11.0 Å². The number of aliphatic hydroxyl groups excluding tert-OH is 1. The number of aryl methyl sites for hydroxylation is 1. The van der Waals surface area contributed by atoms with Crippen molar-refractivity contribution in [2.45, 2.75) is 83.5 Å². The lowest BCUT2D eigenvalue weighted by Crippen LogP contribution is -2.67. The molecule has 2 aliphatic heterocycles. The van der Waals surface area contributed by atoms with Crippen LogP contribution < -0.4 is 10.3 Å². The number of amides is 1. The zero-order chi connectivity index (χ0) is 23.7. The van der Waals surface area contributed by atoms with Crippen molar-refractivity contribution in [3.8, 4) is 0 Å². The van der Waals surface area contributed by atoms with E-state index in [2.05, 4.69) is 21.8 Å². The van der Waals surface area contributed by atoms with E-state index in [0.29, 0.717) is 35.6 Å². The molecule has 0 radical (unpaired) electrons. The van der Waals surface area contributed by atoms with E-state index in [4.69, 9.17) is 4.74 Å². The van der Waals surface area contributed by atoms with Crippen molar-refractivity contribution >= 4 is 22.9 Å². The van der Waals surface area contributed by atoms with Gasteiger partial charge in [-0.25, -0.2) is 14.8 Å². The predicted molar refractivity (Wildman–Crippen MR) is 125 cm³/mol. The van der Waals surface area contributed by atoms with Crippen LogP contribution in [0.3, 0.4) is 0 Å². The summed E-state index contributed by atoms with van der Waals surface area (Å²) >= 11 is 0. The second-order valence-corrected chi connectivity index (χ2v) is 10.7. The lowest BCUT2D eigenvalue weighted by molar-refractivity contribution is -0.00450. The van der Waals surface area contributed by atoms with Crippen LogP contribution in [0.4, 0.5) is 10.5 Å². The molecule has 0 bridgehead atoms. The fourth-order valence-electron chi connectivity index (χ4n) is 5.72. The van der Waals surface area contributed by atoms with Crippen molar-refractivity contribution < 1.29 is 14.6 Å². The number of ether oxygens (including phenoxy) is 1. The van der Waals surface area contributed by atoms with E-state index in [0.717, 1.165) is 25.0 Å². The van der Waals surface area contributed by atoms with Crippen molar-refractivity contribution in [3.63, 3.8) is 0 Å². The predicted octanol–water partition coefficient (Wildman–Crippen LogP) is 2.73. The maximum Gasteiger partial charge on any atom is 0.410 e. The van der Waals surface area contributed by atoms with E-state index in [1.807, 2.05) is 37.2 Å². The van der Waals surface area contributed by atoms with Gasteiger partial charge in [0.25, 0.3) is 0 Å². The average Bonchev–Trinajstić information content (AvgIpc) is 3.04. The summed E-state index contributed by atoms with van der Waals surface area (Å²) in [7, 11) is 0. The van der Waals surface area contributed by atoms with Crippen LogP contribution in [-0.4, -0.2) is 68.0 Å². The Kier molecular flexibility index (Phi) is 5.15. The molecule has 0 spiro atoms. The first-order chi connectivity index (χ1) is 15.6. The number of carbonyl (C=O) groups is 1. The number of fused-ring (bicyclic) bond motifs is 4. The molecular formula is C24H33N5O4. The van der Waals surface area contributed by atoms with Crippen LogP contribution in [0.5, 0.6) is 0 Å². The maximum absolute atomic E-state index is 13.8. The molecule has 33 heavy (non-hydrogen) atoms. The first kappa shape index (κ1) is 22.1. The number of aromatic nitrogens is 3. The molecule has 1 saturated carbocycles. The number of hydrogen-bond donors (Lipinski definition) is 1. The fraction of sp³-hybridized carbons (Fsp3) is 0.667. The molecule has 1 N–H and O–H groups in total. The summed E-state index contributed by atoms with van der Waals surface area (Å²) in [6.45, 7) is 10.6. The van der Waals surface area contributed by atoms with E-state index in [-0.39, 0.29) is 42.2 Å². The van der Waals surface area contributed by atoms with Gasteiger partial charge >= 0.3 is 6.09 Å². The number of hydrogen-bond acceptors (Lipinski definition) is 7. The number of carbonyl (C=O) groups excluding carboxylic acids is 1. The van der Waals surface area contributed by atoms with Gasteiger partial charge < -0.3 is 24.2 Å². The monoisotopic (exact) mass is 455 g/mol. The third kappa shape index (κ3) is 3.48. The van der Waals surface area contributed by atoms with Crippen LogP contribution in [0.1, 0.15) is 70.3 Å². The highest BCUT2D eigenvalue weighted by molar-refractivity contribution is 5.79. The highest BCUT2D eigenvalue weighted by Crippen LogP contribution is 2.44. The molecule has 2 aromatic rings. The van der Waals surface area contributed by atoms with Crippen molar-refractivity contribution in [2.75, 3.05) is 24.6 Å². The normalized spacial score (nSPS) is 26.7. The van der Waals surface area contributed by atoms with E-state index in [1.54, 1.807) is 6.20 Å². The van der Waals surface area contributed by atoms with E-state index in [9.17, 15) is 14.7 Å². The average molecular weight is 456 g/mol. The summed E-state index contributed by atoms with van der Waals surface area (Å²) in [4.78, 5) is 39.8. The third-order valence-corrected chi connectivity index (χ3v) is 7.20. The van der Waals surface area contributed by atoms with Crippen molar-refractivity contribution in [1.29, 1.82) is 0 Å². The lowest BCUT2D eigenvalue weighted by Gasteiger charge is -2.54. The molecule has 5 rings (SSSR count). The summed E-state index contributed by atoms with van der Waals surface area (Å²) in [5.74, 6) is 0.111. The molecule has 2 aromatic heterocycles. The topological polar surface area (TPSA) is 101 Å². The highest BCUT2D eigenvalue weighted by Gasteiger charge is 2.48. The number of aliphatic hydroxyl groups is 1. The molecule has 1 saturated heterocycles. The molecule has 9 nitrogen and oxygen atoms in total. The van der Waals surface area contributed by atoms with Crippen molar-refractivity contribution in [2.24, 2.45) is 0 Å². The van der Waals surface area contributed by atoms with Gasteiger partial charge in [-0.15, -0.1) is 0 Å². The Morgan fingerprint density at radius 1 is 1.24 bits per heavy atom. The Labute approximate surface area is 193 Å². The van der Waals surface area contributed by atoms with Gasteiger partial charge in [-0.05, 0) is 47.0 Å². The minimum atomic E-state index is -0.545. The molecule has 2 unspecified atom stereocenters. The number of anilines is 1. The Morgan fingerprint density at radius 2 is 1.97 bits per heavy atom. The molecular weight excluding hydrogens is 422 g/mol. The Bertz CT molecular complexity index is 1170. The summed E-state index contributed by atoms with van der Waals surface area (Å²) in [5, 5.41) is 10.1. The first-order valence-corrected chi connectivity index (χ1v) is 11.9. The van der Waals surface area contributed by atoms with E-state index >= 15 is 0 Å². The van der Waals surface area contributed by atoms with Gasteiger partial charge in [0.1, 0.15) is 11.3 Å². The quantitative estimate of drug-likeness (QED) is 0.743. The number of piperazine rings is 1.